The minimum absolute atomic E-state index is 0.248. The number of rotatable bonds is 16. The Morgan fingerprint density at radius 3 is 1.29 bits per heavy atom. The van der Waals surface area contributed by atoms with Crippen molar-refractivity contribution < 1.29 is 5.11 Å². The molecule has 5 N–H and O–H groups in total. The molecule has 0 aliphatic heterocycles. The van der Waals surface area contributed by atoms with E-state index in [1.54, 1.807) is 0 Å². The van der Waals surface area contributed by atoms with Crippen LogP contribution in [0.15, 0.2) is 0 Å². The molecule has 2 unspecified atom stereocenters. The largest absolute Gasteiger partial charge is 0.377 e. The quantitative estimate of drug-likeness (QED) is 0.291. The zero-order valence-corrected chi connectivity index (χ0v) is 14.4. The zero-order valence-electron chi connectivity index (χ0n) is 14.4. The number of nitrogens with two attached hydrogens (primary N) is 2. The lowest BCUT2D eigenvalue weighted by Crippen LogP contribution is -2.40. The molecule has 0 radical (unpaired) electrons. The van der Waals surface area contributed by atoms with Crippen molar-refractivity contribution in [2.75, 3.05) is 0 Å². The highest BCUT2D eigenvalue weighted by Gasteiger charge is 2.08. The van der Waals surface area contributed by atoms with Crippen molar-refractivity contribution >= 4 is 0 Å². The molecule has 3 nitrogen and oxygen atoms in total. The van der Waals surface area contributed by atoms with Gasteiger partial charge in [-0.25, -0.2) is 0 Å². The van der Waals surface area contributed by atoms with E-state index in [0.717, 1.165) is 12.8 Å². The highest BCUT2D eigenvalue weighted by Crippen LogP contribution is 2.13. The molecule has 0 aromatic rings. The minimum atomic E-state index is -0.855. The molecule has 0 heterocycles. The van der Waals surface area contributed by atoms with Crippen LogP contribution in [0.2, 0.25) is 0 Å². The van der Waals surface area contributed by atoms with Crippen molar-refractivity contribution in [1.29, 1.82) is 0 Å². The maximum absolute atomic E-state index is 9.08. The zero-order chi connectivity index (χ0) is 15.8. The van der Waals surface area contributed by atoms with E-state index in [-0.39, 0.29) is 6.04 Å². The second kappa shape index (κ2) is 16.3. The minimum Gasteiger partial charge on any atom is -0.377 e. The summed E-state index contributed by atoms with van der Waals surface area (Å²) in [6.07, 6.45) is 19.1. The van der Waals surface area contributed by atoms with Gasteiger partial charge in [0.15, 0.2) is 0 Å². The molecule has 0 saturated heterocycles. The van der Waals surface area contributed by atoms with Crippen LogP contribution in [0.1, 0.15) is 103 Å². The molecule has 0 aromatic heterocycles. The summed E-state index contributed by atoms with van der Waals surface area (Å²) >= 11 is 0. The fourth-order valence-electron chi connectivity index (χ4n) is 2.75. The van der Waals surface area contributed by atoms with Crippen LogP contribution in [-0.4, -0.2) is 17.4 Å². The average molecular weight is 301 g/mol. The van der Waals surface area contributed by atoms with Gasteiger partial charge in [-0.15, -0.1) is 0 Å². The number of aliphatic hydroxyl groups is 1. The van der Waals surface area contributed by atoms with E-state index in [1.807, 2.05) is 0 Å². The highest BCUT2D eigenvalue weighted by molar-refractivity contribution is 4.65. The Bertz CT molecular complexity index is 198. The third-order valence-corrected chi connectivity index (χ3v) is 4.33. The van der Waals surface area contributed by atoms with Gasteiger partial charge >= 0.3 is 0 Å². The van der Waals surface area contributed by atoms with Gasteiger partial charge in [-0.3, -0.25) is 0 Å². The molecular formula is C18H40N2O. The Balaban J connectivity index is 3.03. The van der Waals surface area contributed by atoms with Crippen LogP contribution in [0.5, 0.6) is 0 Å². The van der Waals surface area contributed by atoms with Crippen LogP contribution in [0, 0.1) is 0 Å². The van der Waals surface area contributed by atoms with E-state index < -0.39 is 6.23 Å². The van der Waals surface area contributed by atoms with Crippen LogP contribution in [0.25, 0.3) is 0 Å². The Hall–Kier alpha value is -0.120. The van der Waals surface area contributed by atoms with Gasteiger partial charge in [-0.1, -0.05) is 96.8 Å². The highest BCUT2D eigenvalue weighted by atomic mass is 16.3. The fourth-order valence-corrected chi connectivity index (χ4v) is 2.75. The van der Waals surface area contributed by atoms with E-state index in [9.17, 15) is 0 Å². The van der Waals surface area contributed by atoms with Crippen molar-refractivity contribution in [1.82, 2.24) is 0 Å². The summed E-state index contributed by atoms with van der Waals surface area (Å²) in [7, 11) is 0. The topological polar surface area (TPSA) is 72.3 Å². The third-order valence-electron chi connectivity index (χ3n) is 4.33. The summed E-state index contributed by atoms with van der Waals surface area (Å²) in [6, 6.07) is -0.248. The molecule has 2 atom stereocenters. The van der Waals surface area contributed by atoms with Gasteiger partial charge in [0, 0.05) is 6.04 Å². The van der Waals surface area contributed by atoms with Crippen LogP contribution in [-0.2, 0) is 0 Å². The van der Waals surface area contributed by atoms with Crippen molar-refractivity contribution in [3.63, 3.8) is 0 Å². The Morgan fingerprint density at radius 2 is 0.952 bits per heavy atom. The van der Waals surface area contributed by atoms with Gasteiger partial charge in [0.05, 0.1) is 0 Å². The first-order valence-electron chi connectivity index (χ1n) is 9.37. The van der Waals surface area contributed by atoms with Gasteiger partial charge in [0.25, 0.3) is 0 Å². The van der Waals surface area contributed by atoms with Crippen molar-refractivity contribution in [3.05, 3.63) is 0 Å². The summed E-state index contributed by atoms with van der Waals surface area (Å²) in [5, 5.41) is 9.08. The van der Waals surface area contributed by atoms with Crippen molar-refractivity contribution in [3.8, 4) is 0 Å². The van der Waals surface area contributed by atoms with Gasteiger partial charge in [-0.05, 0) is 6.42 Å². The summed E-state index contributed by atoms with van der Waals surface area (Å²) in [6.45, 7) is 2.27. The predicted octanol–water partition coefficient (Wildman–Crippen LogP) is 4.46. The first-order chi connectivity index (χ1) is 10.2. The monoisotopic (exact) mass is 300 g/mol. The van der Waals surface area contributed by atoms with Crippen LogP contribution >= 0.6 is 0 Å². The Morgan fingerprint density at radius 1 is 0.619 bits per heavy atom. The SMILES string of the molecule is CCCCCCCCCCCCCCCCC(N)C(N)O. The first-order valence-corrected chi connectivity index (χ1v) is 9.37. The standard InChI is InChI=1S/C18H40N2O/c1-2-3-4-5-6-7-8-9-10-11-12-13-14-15-16-17(19)18(20)21/h17-18,21H,2-16,19-20H2,1H3. The van der Waals surface area contributed by atoms with E-state index in [2.05, 4.69) is 6.92 Å². The normalized spacial score (nSPS) is 14.3. The van der Waals surface area contributed by atoms with Gasteiger partial charge in [0.2, 0.25) is 0 Å². The average Bonchev–Trinajstić information content (AvgIpc) is 2.47. The Kier molecular flexibility index (Phi) is 16.2. The smallest absolute Gasteiger partial charge is 0.117 e. The fraction of sp³-hybridized carbons (Fsp3) is 1.00. The number of unbranched alkanes of at least 4 members (excludes halogenated alkanes) is 13. The van der Waals surface area contributed by atoms with Crippen molar-refractivity contribution in [2.45, 2.75) is 116 Å². The second-order valence-electron chi connectivity index (χ2n) is 6.54. The molecule has 21 heavy (non-hydrogen) atoms. The van der Waals surface area contributed by atoms with Gasteiger partial charge in [0.1, 0.15) is 6.23 Å². The lowest BCUT2D eigenvalue weighted by molar-refractivity contribution is 0.146. The summed E-state index contributed by atoms with van der Waals surface area (Å²) < 4.78 is 0. The predicted molar refractivity (Wildman–Crippen MR) is 93.1 cm³/mol. The second-order valence-corrected chi connectivity index (χ2v) is 6.54. The van der Waals surface area contributed by atoms with Crippen LogP contribution in [0.3, 0.4) is 0 Å². The molecule has 0 fully saturated rings. The molecule has 0 rings (SSSR count). The molecule has 0 saturated carbocycles. The molecular weight excluding hydrogens is 260 g/mol. The number of aliphatic hydroxyl groups excluding tert-OH is 1. The van der Waals surface area contributed by atoms with Gasteiger partial charge < -0.3 is 16.6 Å². The van der Waals surface area contributed by atoms with E-state index in [4.69, 9.17) is 16.6 Å². The lowest BCUT2D eigenvalue weighted by atomic mass is 10.0. The van der Waals surface area contributed by atoms with Crippen LogP contribution in [0.4, 0.5) is 0 Å². The molecule has 0 aromatic carbocycles. The van der Waals surface area contributed by atoms with E-state index in [0.29, 0.717) is 0 Å². The summed E-state index contributed by atoms with van der Waals surface area (Å²) in [4.78, 5) is 0. The summed E-state index contributed by atoms with van der Waals surface area (Å²) in [5.74, 6) is 0. The molecule has 3 heteroatoms. The van der Waals surface area contributed by atoms with Gasteiger partial charge in [-0.2, -0.15) is 0 Å². The number of hydrogen-bond acceptors (Lipinski definition) is 3. The molecule has 0 bridgehead atoms. The number of hydrogen-bond donors (Lipinski definition) is 3. The maximum Gasteiger partial charge on any atom is 0.117 e. The molecule has 0 aliphatic rings. The third kappa shape index (κ3) is 16.1. The molecule has 0 amide bonds. The maximum atomic E-state index is 9.08. The van der Waals surface area contributed by atoms with Crippen LogP contribution < -0.4 is 11.5 Å². The lowest BCUT2D eigenvalue weighted by Gasteiger charge is -2.13. The molecule has 0 spiro atoms. The van der Waals surface area contributed by atoms with Crippen molar-refractivity contribution in [2.24, 2.45) is 11.5 Å². The molecule has 128 valence electrons. The van der Waals surface area contributed by atoms with E-state index >= 15 is 0 Å². The first kappa shape index (κ1) is 20.9. The molecule has 0 aliphatic carbocycles. The van der Waals surface area contributed by atoms with E-state index in [1.165, 1.54) is 83.5 Å². The Labute approximate surface area is 132 Å². The summed E-state index contributed by atoms with van der Waals surface area (Å²) in [5.41, 5.74) is 11.0.